The van der Waals surface area contributed by atoms with E-state index in [9.17, 15) is 4.79 Å². The van der Waals surface area contributed by atoms with Gasteiger partial charge in [-0.1, -0.05) is 0 Å². The number of amides is 1. The van der Waals surface area contributed by atoms with E-state index in [2.05, 4.69) is 24.1 Å². The fourth-order valence-corrected chi connectivity index (χ4v) is 3.80. The van der Waals surface area contributed by atoms with Gasteiger partial charge in [0.25, 0.3) is 0 Å². The molecule has 0 bridgehead atoms. The van der Waals surface area contributed by atoms with E-state index >= 15 is 0 Å². The second-order valence-corrected chi connectivity index (χ2v) is 7.62. The highest BCUT2D eigenvalue weighted by Crippen LogP contribution is 2.30. The maximum Gasteiger partial charge on any atom is 0.222 e. The van der Waals surface area contributed by atoms with Crippen LogP contribution in [0, 0.1) is 5.92 Å². The Morgan fingerprint density at radius 2 is 2.12 bits per heavy atom. The van der Waals surface area contributed by atoms with Crippen molar-refractivity contribution in [3.8, 4) is 0 Å². The second-order valence-electron chi connectivity index (χ2n) is 5.82. The zero-order valence-corrected chi connectivity index (χ0v) is 11.8. The largest absolute Gasteiger partial charge is 0.340 e. The van der Waals surface area contributed by atoms with Crippen molar-refractivity contribution in [1.82, 2.24) is 10.2 Å². The number of piperidine rings is 1. The Labute approximate surface area is 109 Å². The Morgan fingerprint density at radius 1 is 1.41 bits per heavy atom. The summed E-state index contributed by atoms with van der Waals surface area (Å²) < 4.78 is 0.238. The van der Waals surface area contributed by atoms with Crippen LogP contribution < -0.4 is 5.32 Å². The number of carbonyl (C=O) groups is 1. The van der Waals surface area contributed by atoms with Gasteiger partial charge in [-0.3, -0.25) is 4.79 Å². The van der Waals surface area contributed by atoms with Crippen LogP contribution in [0.15, 0.2) is 0 Å². The molecule has 1 N–H and O–H groups in total. The first-order chi connectivity index (χ1) is 8.07. The smallest absolute Gasteiger partial charge is 0.222 e. The third kappa shape index (κ3) is 3.88. The number of nitrogens with one attached hydrogen (secondary N) is 1. The summed E-state index contributed by atoms with van der Waals surface area (Å²) in [6.45, 7) is 8.50. The van der Waals surface area contributed by atoms with Gasteiger partial charge in [-0.05, 0) is 45.7 Å². The summed E-state index contributed by atoms with van der Waals surface area (Å²) in [6, 6.07) is 0. The molecule has 4 heteroatoms. The molecule has 0 aromatic heterocycles. The molecule has 98 valence electrons. The predicted molar refractivity (Wildman–Crippen MR) is 73.3 cm³/mol. The van der Waals surface area contributed by atoms with E-state index in [-0.39, 0.29) is 4.75 Å². The van der Waals surface area contributed by atoms with E-state index in [1.165, 1.54) is 0 Å². The molecule has 0 aromatic rings. The topological polar surface area (TPSA) is 32.3 Å². The Balaban J connectivity index is 1.82. The van der Waals surface area contributed by atoms with Gasteiger partial charge in [0.05, 0.1) is 0 Å². The Bertz CT molecular complexity index is 275. The monoisotopic (exact) mass is 256 g/mol. The molecule has 17 heavy (non-hydrogen) atoms. The molecule has 0 unspecified atom stereocenters. The highest BCUT2D eigenvalue weighted by molar-refractivity contribution is 8.00. The number of nitrogens with zero attached hydrogens (tertiary/aromatic N) is 1. The molecule has 0 atom stereocenters. The average Bonchev–Trinajstić information content (AvgIpc) is 2.29. The highest BCUT2D eigenvalue weighted by Gasteiger charge is 2.30. The van der Waals surface area contributed by atoms with E-state index in [0.29, 0.717) is 11.8 Å². The van der Waals surface area contributed by atoms with Crippen molar-refractivity contribution in [2.24, 2.45) is 5.92 Å². The van der Waals surface area contributed by atoms with Crippen LogP contribution in [0.3, 0.4) is 0 Å². The lowest BCUT2D eigenvalue weighted by atomic mass is 9.94. The molecule has 0 aromatic carbocycles. The minimum atomic E-state index is 0.238. The first-order valence-electron chi connectivity index (χ1n) is 6.69. The summed E-state index contributed by atoms with van der Waals surface area (Å²) in [4.78, 5) is 14.3. The lowest BCUT2D eigenvalue weighted by Gasteiger charge is -2.38. The number of carbonyl (C=O) groups excluding carboxylic acids is 1. The van der Waals surface area contributed by atoms with Crippen LogP contribution in [0.5, 0.6) is 0 Å². The van der Waals surface area contributed by atoms with E-state index < -0.39 is 0 Å². The SMILES string of the molecule is CC1(C)CN(C(=O)CC2CCNCC2)CCS1. The quantitative estimate of drug-likeness (QED) is 0.816. The molecule has 2 heterocycles. The van der Waals surface area contributed by atoms with Gasteiger partial charge in [0.15, 0.2) is 0 Å². The van der Waals surface area contributed by atoms with Crippen molar-refractivity contribution in [3.05, 3.63) is 0 Å². The second kappa shape index (κ2) is 5.61. The maximum atomic E-state index is 12.3. The standard InChI is InChI=1S/C13H24N2OS/c1-13(2)10-15(7-8-17-13)12(16)9-11-3-5-14-6-4-11/h11,14H,3-10H2,1-2H3. The fourth-order valence-electron chi connectivity index (χ4n) is 2.69. The van der Waals surface area contributed by atoms with E-state index in [1.54, 1.807) is 0 Å². The zero-order chi connectivity index (χ0) is 12.3. The summed E-state index contributed by atoms with van der Waals surface area (Å²) in [7, 11) is 0. The first kappa shape index (κ1) is 13.2. The van der Waals surface area contributed by atoms with Crippen LogP contribution in [0.2, 0.25) is 0 Å². The third-order valence-electron chi connectivity index (χ3n) is 3.70. The van der Waals surface area contributed by atoms with Crippen molar-refractivity contribution < 1.29 is 4.79 Å². The lowest BCUT2D eigenvalue weighted by Crippen LogP contribution is -2.46. The van der Waals surface area contributed by atoms with Crippen molar-refractivity contribution in [2.45, 2.75) is 37.9 Å². The molecule has 2 fully saturated rings. The highest BCUT2D eigenvalue weighted by atomic mass is 32.2. The molecule has 2 aliphatic heterocycles. The molecule has 0 radical (unpaired) electrons. The number of rotatable bonds is 2. The summed E-state index contributed by atoms with van der Waals surface area (Å²) in [5, 5.41) is 3.35. The number of thioether (sulfide) groups is 1. The van der Waals surface area contributed by atoms with Gasteiger partial charge in [0.1, 0.15) is 0 Å². The molecule has 1 amide bonds. The molecule has 0 saturated carbocycles. The van der Waals surface area contributed by atoms with Crippen molar-refractivity contribution >= 4 is 17.7 Å². The van der Waals surface area contributed by atoms with Gasteiger partial charge in [0, 0.05) is 30.0 Å². The van der Waals surface area contributed by atoms with E-state index in [1.807, 2.05) is 11.8 Å². The minimum absolute atomic E-state index is 0.238. The maximum absolute atomic E-state index is 12.3. The van der Waals surface area contributed by atoms with Crippen molar-refractivity contribution in [1.29, 1.82) is 0 Å². The summed E-state index contributed by atoms with van der Waals surface area (Å²) >= 11 is 1.98. The van der Waals surface area contributed by atoms with Gasteiger partial charge in [-0.15, -0.1) is 0 Å². The molecule has 3 nitrogen and oxygen atoms in total. The Kier molecular flexibility index (Phi) is 4.36. The lowest BCUT2D eigenvalue weighted by molar-refractivity contribution is -0.132. The van der Waals surface area contributed by atoms with Gasteiger partial charge in [-0.25, -0.2) is 0 Å². The normalized spacial score (nSPS) is 25.9. The molecule has 2 aliphatic rings. The number of hydrogen-bond acceptors (Lipinski definition) is 3. The predicted octanol–water partition coefficient (Wildman–Crippen LogP) is 1.73. The van der Waals surface area contributed by atoms with E-state index in [0.717, 1.165) is 51.2 Å². The molecule has 0 aliphatic carbocycles. The van der Waals surface area contributed by atoms with Gasteiger partial charge < -0.3 is 10.2 Å². The molecular formula is C13H24N2OS. The average molecular weight is 256 g/mol. The first-order valence-corrected chi connectivity index (χ1v) is 7.68. The number of hydrogen-bond donors (Lipinski definition) is 1. The van der Waals surface area contributed by atoms with Crippen LogP contribution >= 0.6 is 11.8 Å². The molecular weight excluding hydrogens is 232 g/mol. The van der Waals surface area contributed by atoms with Crippen LogP contribution in [0.25, 0.3) is 0 Å². The van der Waals surface area contributed by atoms with Gasteiger partial charge in [-0.2, -0.15) is 11.8 Å². The van der Waals surface area contributed by atoms with E-state index in [4.69, 9.17) is 0 Å². The van der Waals surface area contributed by atoms with Crippen LogP contribution in [-0.2, 0) is 4.79 Å². The fraction of sp³-hybridized carbons (Fsp3) is 0.923. The minimum Gasteiger partial charge on any atom is -0.340 e. The molecule has 2 rings (SSSR count). The van der Waals surface area contributed by atoms with Crippen LogP contribution in [0.4, 0.5) is 0 Å². The molecule has 2 saturated heterocycles. The summed E-state index contributed by atoms with van der Waals surface area (Å²) in [6.07, 6.45) is 3.10. The van der Waals surface area contributed by atoms with Crippen molar-refractivity contribution in [2.75, 3.05) is 31.9 Å². The van der Waals surface area contributed by atoms with Gasteiger partial charge >= 0.3 is 0 Å². The molecule has 0 spiro atoms. The summed E-state index contributed by atoms with van der Waals surface area (Å²) in [5.74, 6) is 2.08. The van der Waals surface area contributed by atoms with Gasteiger partial charge in [0.2, 0.25) is 5.91 Å². The summed E-state index contributed by atoms with van der Waals surface area (Å²) in [5.41, 5.74) is 0. The Hall–Kier alpha value is -0.220. The third-order valence-corrected chi connectivity index (χ3v) is 5.00. The van der Waals surface area contributed by atoms with Crippen LogP contribution in [-0.4, -0.2) is 47.5 Å². The zero-order valence-electron chi connectivity index (χ0n) is 11.0. The van der Waals surface area contributed by atoms with Crippen molar-refractivity contribution in [3.63, 3.8) is 0 Å². The Morgan fingerprint density at radius 3 is 2.76 bits per heavy atom. The van der Waals surface area contributed by atoms with Crippen LogP contribution in [0.1, 0.15) is 33.1 Å².